The molecule has 7 heteroatoms. The van der Waals surface area contributed by atoms with Gasteiger partial charge < -0.3 is 4.74 Å². The summed E-state index contributed by atoms with van der Waals surface area (Å²) < 4.78 is 4.90. The molecular weight excluding hydrogens is 358 g/mol. The van der Waals surface area contributed by atoms with Gasteiger partial charge in [0.15, 0.2) is 0 Å². The van der Waals surface area contributed by atoms with Gasteiger partial charge in [0, 0.05) is 10.9 Å². The van der Waals surface area contributed by atoms with E-state index in [0.29, 0.717) is 20.9 Å². The van der Waals surface area contributed by atoms with Crippen molar-refractivity contribution >= 4 is 43.5 Å². The minimum Gasteiger partial charge on any atom is -0.469 e. The van der Waals surface area contributed by atoms with E-state index in [-0.39, 0.29) is 18.1 Å². The summed E-state index contributed by atoms with van der Waals surface area (Å²) in [6, 6.07) is 3.18. The van der Waals surface area contributed by atoms with Gasteiger partial charge in [-0.3, -0.25) is 14.9 Å². The Morgan fingerprint density at radius 2 is 2.18 bits per heavy atom. The van der Waals surface area contributed by atoms with Crippen LogP contribution in [0.15, 0.2) is 16.6 Å². The largest absolute Gasteiger partial charge is 0.469 e. The number of ether oxygens (including phenoxy) is 1. The summed E-state index contributed by atoms with van der Waals surface area (Å²) in [4.78, 5) is 21.5. The predicted octanol–water partition coefficient (Wildman–Crippen LogP) is 2.97. The number of esters is 1. The summed E-state index contributed by atoms with van der Waals surface area (Å²) in [7, 11) is 1.30. The number of nitro benzene ring substituents is 1. The van der Waals surface area contributed by atoms with Crippen LogP contribution in [-0.2, 0) is 21.3 Å². The molecule has 0 fully saturated rings. The van der Waals surface area contributed by atoms with Gasteiger partial charge in [-0.2, -0.15) is 0 Å². The Hall–Kier alpha value is -0.950. The minimum absolute atomic E-state index is 0.00971. The highest BCUT2D eigenvalue weighted by Crippen LogP contribution is 2.32. The zero-order valence-corrected chi connectivity index (χ0v) is 12.1. The van der Waals surface area contributed by atoms with E-state index in [1.807, 2.05) is 0 Å². The predicted molar refractivity (Wildman–Crippen MR) is 69.1 cm³/mol. The number of rotatable bonds is 4. The highest BCUT2D eigenvalue weighted by molar-refractivity contribution is 9.10. The molecule has 0 heterocycles. The number of methoxy groups -OCH3 is 1. The van der Waals surface area contributed by atoms with Gasteiger partial charge in [0.05, 0.1) is 22.9 Å². The molecule has 0 atom stereocenters. The quantitative estimate of drug-likeness (QED) is 0.355. The van der Waals surface area contributed by atoms with Crippen molar-refractivity contribution in [1.29, 1.82) is 0 Å². The lowest BCUT2D eigenvalue weighted by Gasteiger charge is -2.06. The number of nitrogens with zero attached hydrogens (tertiary/aromatic N) is 1. The summed E-state index contributed by atoms with van der Waals surface area (Å²) in [6.45, 7) is 0. The lowest BCUT2D eigenvalue weighted by atomic mass is 10.1. The molecule has 0 aliphatic carbocycles. The fourth-order valence-electron chi connectivity index (χ4n) is 1.37. The Bertz CT molecular complexity index is 462. The summed E-state index contributed by atoms with van der Waals surface area (Å²) in [5.74, 6) is -0.383. The van der Waals surface area contributed by atoms with Crippen molar-refractivity contribution in [3.63, 3.8) is 0 Å². The third-order valence-corrected chi connectivity index (χ3v) is 3.31. The average molecular weight is 367 g/mol. The Labute approximate surface area is 115 Å². The number of halogens is 2. The van der Waals surface area contributed by atoms with Crippen molar-refractivity contribution in [3.05, 3.63) is 37.8 Å². The smallest absolute Gasteiger partial charge is 0.309 e. The number of hydrogen-bond acceptors (Lipinski definition) is 4. The first-order valence-electron chi connectivity index (χ1n) is 4.58. The van der Waals surface area contributed by atoms with Crippen LogP contribution >= 0.6 is 31.9 Å². The molecule has 0 radical (unpaired) electrons. The number of nitro groups is 1. The molecule has 0 unspecified atom stereocenters. The van der Waals surface area contributed by atoms with Gasteiger partial charge >= 0.3 is 5.97 Å². The number of carbonyl (C=O) groups is 1. The zero-order valence-electron chi connectivity index (χ0n) is 8.91. The normalized spacial score (nSPS) is 10.1. The van der Waals surface area contributed by atoms with Crippen molar-refractivity contribution in [2.24, 2.45) is 0 Å². The van der Waals surface area contributed by atoms with Gasteiger partial charge in [0.1, 0.15) is 0 Å². The zero-order chi connectivity index (χ0) is 13.0. The third-order valence-electron chi connectivity index (χ3n) is 2.10. The van der Waals surface area contributed by atoms with E-state index in [1.165, 1.54) is 7.11 Å². The van der Waals surface area contributed by atoms with E-state index in [2.05, 4.69) is 36.6 Å². The summed E-state index contributed by atoms with van der Waals surface area (Å²) in [6.07, 6.45) is 0.0904. The van der Waals surface area contributed by atoms with E-state index >= 15 is 0 Å². The van der Waals surface area contributed by atoms with E-state index in [1.54, 1.807) is 12.1 Å². The van der Waals surface area contributed by atoms with Gasteiger partial charge in [0.25, 0.3) is 5.69 Å². The van der Waals surface area contributed by atoms with E-state index in [0.717, 1.165) is 0 Å². The number of hydrogen-bond donors (Lipinski definition) is 0. The van der Waals surface area contributed by atoms with Crippen LogP contribution in [0.3, 0.4) is 0 Å². The van der Waals surface area contributed by atoms with Gasteiger partial charge in [-0.05, 0) is 33.6 Å². The SMILES string of the molecule is COC(=O)Cc1cc(Br)c([N+](=O)[O-])c(CBr)c1. The van der Waals surface area contributed by atoms with Crippen LogP contribution < -0.4 is 0 Å². The molecule has 0 amide bonds. The monoisotopic (exact) mass is 365 g/mol. The highest BCUT2D eigenvalue weighted by Gasteiger charge is 2.19. The molecule has 17 heavy (non-hydrogen) atoms. The van der Waals surface area contributed by atoms with E-state index < -0.39 is 4.92 Å². The summed E-state index contributed by atoms with van der Waals surface area (Å²) in [5.41, 5.74) is 1.20. The Kier molecular flexibility index (Phi) is 5.07. The van der Waals surface area contributed by atoms with Crippen LogP contribution in [0.5, 0.6) is 0 Å². The maximum atomic E-state index is 11.1. The number of alkyl halides is 1. The minimum atomic E-state index is -0.456. The van der Waals surface area contributed by atoms with Crippen LogP contribution in [0, 0.1) is 10.1 Å². The Balaban J connectivity index is 3.17. The summed E-state index contributed by atoms with van der Waals surface area (Å²) >= 11 is 6.32. The molecule has 0 saturated heterocycles. The molecular formula is C10H9Br2NO4. The van der Waals surface area contributed by atoms with Crippen LogP contribution in [-0.4, -0.2) is 18.0 Å². The average Bonchev–Trinajstić information content (AvgIpc) is 2.27. The molecule has 0 spiro atoms. The molecule has 5 nitrogen and oxygen atoms in total. The fraction of sp³-hybridized carbons (Fsp3) is 0.300. The van der Waals surface area contributed by atoms with Crippen molar-refractivity contribution in [2.75, 3.05) is 7.11 Å². The first kappa shape index (κ1) is 14.1. The second-order valence-electron chi connectivity index (χ2n) is 3.23. The second-order valence-corrected chi connectivity index (χ2v) is 4.64. The molecule has 1 aromatic rings. The highest BCUT2D eigenvalue weighted by atomic mass is 79.9. The van der Waals surface area contributed by atoms with E-state index in [4.69, 9.17) is 0 Å². The van der Waals surface area contributed by atoms with Gasteiger partial charge in [-0.15, -0.1) is 0 Å². The lowest BCUT2D eigenvalue weighted by molar-refractivity contribution is -0.386. The standard InChI is InChI=1S/C10H9Br2NO4/c1-17-9(14)4-6-2-7(5-11)10(13(15)16)8(12)3-6/h2-3H,4-5H2,1H3. The molecule has 1 aromatic carbocycles. The topological polar surface area (TPSA) is 69.4 Å². The number of benzene rings is 1. The van der Waals surface area contributed by atoms with Gasteiger partial charge in [-0.1, -0.05) is 15.9 Å². The maximum absolute atomic E-state index is 11.1. The molecule has 0 aliphatic rings. The van der Waals surface area contributed by atoms with Crippen LogP contribution in [0.2, 0.25) is 0 Å². The van der Waals surface area contributed by atoms with Crippen molar-refractivity contribution < 1.29 is 14.5 Å². The first-order valence-corrected chi connectivity index (χ1v) is 6.49. The molecule has 0 saturated carbocycles. The van der Waals surface area contributed by atoms with Crippen LogP contribution in [0.25, 0.3) is 0 Å². The van der Waals surface area contributed by atoms with Crippen molar-refractivity contribution in [1.82, 2.24) is 0 Å². The second kappa shape index (κ2) is 6.11. The number of carbonyl (C=O) groups excluding carboxylic acids is 1. The first-order chi connectivity index (χ1) is 7.99. The molecule has 0 aliphatic heterocycles. The Morgan fingerprint density at radius 3 is 2.65 bits per heavy atom. The van der Waals surface area contributed by atoms with Crippen molar-refractivity contribution in [3.8, 4) is 0 Å². The van der Waals surface area contributed by atoms with Gasteiger partial charge in [0.2, 0.25) is 0 Å². The molecule has 1 rings (SSSR count). The van der Waals surface area contributed by atoms with Gasteiger partial charge in [-0.25, -0.2) is 0 Å². The lowest BCUT2D eigenvalue weighted by Crippen LogP contribution is -2.06. The van der Waals surface area contributed by atoms with Crippen LogP contribution in [0.4, 0.5) is 5.69 Å². The van der Waals surface area contributed by atoms with Crippen molar-refractivity contribution in [2.45, 2.75) is 11.8 Å². The summed E-state index contributed by atoms with van der Waals surface area (Å²) in [5, 5.41) is 11.2. The molecule has 92 valence electrons. The molecule has 0 N–H and O–H groups in total. The Morgan fingerprint density at radius 1 is 1.53 bits per heavy atom. The molecule has 0 aromatic heterocycles. The molecule has 0 bridgehead atoms. The third kappa shape index (κ3) is 3.50. The fourth-order valence-corrected chi connectivity index (χ4v) is 2.49. The maximum Gasteiger partial charge on any atom is 0.309 e. The van der Waals surface area contributed by atoms with E-state index in [9.17, 15) is 14.9 Å². The van der Waals surface area contributed by atoms with Crippen LogP contribution in [0.1, 0.15) is 11.1 Å².